The van der Waals surface area contributed by atoms with Crippen LogP contribution in [0.2, 0.25) is 0 Å². The predicted octanol–water partition coefficient (Wildman–Crippen LogP) is 1.90. The average Bonchev–Trinajstić information content (AvgIpc) is 3.05. The zero-order chi connectivity index (χ0) is 19.2. The van der Waals surface area contributed by atoms with Crippen LogP contribution in [-0.2, 0) is 27.2 Å². The van der Waals surface area contributed by atoms with Gasteiger partial charge < -0.3 is 10.1 Å². The molecule has 1 aliphatic rings. The highest BCUT2D eigenvalue weighted by Gasteiger charge is 2.28. The van der Waals surface area contributed by atoms with E-state index in [0.29, 0.717) is 16.1 Å². The summed E-state index contributed by atoms with van der Waals surface area (Å²) in [5, 5.41) is 6.58. The maximum absolute atomic E-state index is 12.2. The number of amides is 2. The Bertz CT molecular complexity index is 892. The van der Waals surface area contributed by atoms with Gasteiger partial charge in [0, 0.05) is 22.8 Å². The molecule has 8 nitrogen and oxygen atoms in total. The fourth-order valence-electron chi connectivity index (χ4n) is 2.80. The number of esters is 1. The van der Waals surface area contributed by atoms with Crippen molar-refractivity contribution in [3.8, 4) is 0 Å². The van der Waals surface area contributed by atoms with Crippen molar-refractivity contribution in [3.05, 3.63) is 46.1 Å². The first kappa shape index (κ1) is 18.7. The second-order valence-electron chi connectivity index (χ2n) is 5.85. The van der Waals surface area contributed by atoms with Crippen LogP contribution < -0.4 is 10.7 Å². The van der Waals surface area contributed by atoms with Gasteiger partial charge in [-0.3, -0.25) is 14.6 Å². The number of aryl methyl sites for hydroxylation is 1. The molecule has 0 saturated heterocycles. The van der Waals surface area contributed by atoms with Gasteiger partial charge in [0.1, 0.15) is 5.00 Å². The van der Waals surface area contributed by atoms with Crippen molar-refractivity contribution in [2.45, 2.75) is 25.7 Å². The molecule has 0 unspecified atom stereocenters. The number of pyridine rings is 1. The number of carbonyl (C=O) groups excluding carboxylic acids is 3. The Morgan fingerprint density at radius 2 is 2.07 bits per heavy atom. The van der Waals surface area contributed by atoms with Gasteiger partial charge in [0.15, 0.2) is 0 Å². The van der Waals surface area contributed by atoms with Gasteiger partial charge in [0.2, 0.25) is 0 Å². The maximum Gasteiger partial charge on any atom is 0.341 e. The van der Waals surface area contributed by atoms with Crippen molar-refractivity contribution in [2.75, 3.05) is 12.4 Å². The first-order valence-corrected chi connectivity index (χ1v) is 9.19. The molecule has 0 spiro atoms. The maximum atomic E-state index is 12.2. The summed E-state index contributed by atoms with van der Waals surface area (Å²) in [6, 6.07) is 3.48. The Morgan fingerprint density at radius 3 is 2.81 bits per heavy atom. The summed E-state index contributed by atoms with van der Waals surface area (Å²) in [5.41, 5.74) is 4.08. The van der Waals surface area contributed by atoms with E-state index >= 15 is 0 Å². The normalized spacial score (nSPS) is 13.1. The molecule has 2 aromatic heterocycles. The lowest BCUT2D eigenvalue weighted by Gasteiger charge is -2.11. The molecular formula is C18H18N4O4S. The van der Waals surface area contributed by atoms with Crippen molar-refractivity contribution in [1.29, 1.82) is 0 Å². The highest BCUT2D eigenvalue weighted by molar-refractivity contribution is 7.17. The second kappa shape index (κ2) is 8.54. The van der Waals surface area contributed by atoms with Gasteiger partial charge in [0.25, 0.3) is 0 Å². The topological polar surface area (TPSA) is 110 Å². The van der Waals surface area contributed by atoms with Crippen LogP contribution in [0.3, 0.4) is 0 Å². The molecular weight excluding hydrogens is 368 g/mol. The van der Waals surface area contributed by atoms with E-state index in [1.165, 1.54) is 24.7 Å². The third-order valence-corrected chi connectivity index (χ3v) is 5.27. The van der Waals surface area contributed by atoms with Gasteiger partial charge >= 0.3 is 17.8 Å². The first-order valence-electron chi connectivity index (χ1n) is 8.37. The minimum Gasteiger partial charge on any atom is -0.465 e. The van der Waals surface area contributed by atoms with Crippen LogP contribution in [0.5, 0.6) is 0 Å². The molecule has 3 rings (SSSR count). The number of rotatable bonds is 4. The SMILES string of the molecule is COC(=O)c1c(NC(=O)C(=O)NN=Cc2cccnc2)sc2c1CCCC2. The molecule has 0 saturated carbocycles. The number of anilines is 1. The summed E-state index contributed by atoms with van der Waals surface area (Å²) in [7, 11) is 1.29. The van der Waals surface area contributed by atoms with Crippen LogP contribution >= 0.6 is 11.3 Å². The van der Waals surface area contributed by atoms with Gasteiger partial charge in [-0.05, 0) is 37.3 Å². The van der Waals surface area contributed by atoms with Crippen LogP contribution in [0.15, 0.2) is 29.6 Å². The highest BCUT2D eigenvalue weighted by atomic mass is 32.1. The molecule has 0 atom stereocenters. The fourth-order valence-corrected chi connectivity index (χ4v) is 4.07. The van der Waals surface area contributed by atoms with E-state index in [9.17, 15) is 14.4 Å². The number of ether oxygens (including phenoxy) is 1. The fraction of sp³-hybridized carbons (Fsp3) is 0.278. The van der Waals surface area contributed by atoms with Gasteiger partial charge in [-0.25, -0.2) is 10.2 Å². The minimum atomic E-state index is -0.933. The Balaban J connectivity index is 1.70. The molecule has 2 heterocycles. The van der Waals surface area contributed by atoms with Gasteiger partial charge in [0.05, 0.1) is 18.9 Å². The van der Waals surface area contributed by atoms with Crippen molar-refractivity contribution in [3.63, 3.8) is 0 Å². The Hall–Kier alpha value is -3.07. The van der Waals surface area contributed by atoms with Crippen LogP contribution in [-0.4, -0.2) is 36.1 Å². The summed E-state index contributed by atoms with van der Waals surface area (Å²) in [5.74, 6) is -2.35. The largest absolute Gasteiger partial charge is 0.465 e. The van der Waals surface area contributed by atoms with Gasteiger partial charge in [-0.2, -0.15) is 5.10 Å². The van der Waals surface area contributed by atoms with E-state index in [1.54, 1.807) is 24.5 Å². The van der Waals surface area contributed by atoms with E-state index in [4.69, 9.17) is 4.74 Å². The number of aromatic nitrogens is 1. The Kier molecular flexibility index (Phi) is 5.92. The number of methoxy groups -OCH3 is 1. The number of carbonyl (C=O) groups is 3. The summed E-state index contributed by atoms with van der Waals surface area (Å²) in [6.45, 7) is 0. The molecule has 0 aliphatic heterocycles. The summed E-state index contributed by atoms with van der Waals surface area (Å²) in [4.78, 5) is 41.3. The number of hydrogen-bond donors (Lipinski definition) is 2. The summed E-state index contributed by atoms with van der Waals surface area (Å²) >= 11 is 1.31. The Labute approximate surface area is 159 Å². The smallest absolute Gasteiger partial charge is 0.341 e. The van der Waals surface area contributed by atoms with E-state index in [2.05, 4.69) is 20.8 Å². The Morgan fingerprint density at radius 1 is 1.26 bits per heavy atom. The number of nitrogens with one attached hydrogen (secondary N) is 2. The number of thiophene rings is 1. The summed E-state index contributed by atoms with van der Waals surface area (Å²) < 4.78 is 4.84. The molecule has 2 amide bonds. The second-order valence-corrected chi connectivity index (χ2v) is 6.95. The first-order chi connectivity index (χ1) is 13.1. The average molecular weight is 386 g/mol. The van der Waals surface area contributed by atoms with Gasteiger partial charge in [-0.15, -0.1) is 11.3 Å². The van der Waals surface area contributed by atoms with Crippen molar-refractivity contribution in [2.24, 2.45) is 5.10 Å². The minimum absolute atomic E-state index is 0.338. The molecule has 0 radical (unpaired) electrons. The van der Waals surface area contributed by atoms with E-state index < -0.39 is 17.8 Å². The standard InChI is InChI=1S/C18H18N4O4S/c1-26-18(25)14-12-6-2-3-7-13(12)27-17(14)21-15(23)16(24)22-20-10-11-5-4-8-19-9-11/h4-5,8-10H,2-3,6-7H2,1H3,(H,21,23)(H,22,24). The third kappa shape index (κ3) is 4.37. The molecule has 27 heavy (non-hydrogen) atoms. The van der Waals surface area contributed by atoms with Crippen molar-refractivity contribution in [1.82, 2.24) is 10.4 Å². The molecule has 0 aromatic carbocycles. The van der Waals surface area contributed by atoms with Crippen molar-refractivity contribution >= 4 is 40.3 Å². The van der Waals surface area contributed by atoms with Crippen LogP contribution in [0.4, 0.5) is 5.00 Å². The molecule has 2 N–H and O–H groups in total. The monoisotopic (exact) mass is 386 g/mol. The van der Waals surface area contributed by atoms with E-state index in [0.717, 1.165) is 36.1 Å². The van der Waals surface area contributed by atoms with E-state index in [1.807, 2.05) is 0 Å². The molecule has 9 heteroatoms. The van der Waals surface area contributed by atoms with E-state index in [-0.39, 0.29) is 0 Å². The van der Waals surface area contributed by atoms with Crippen LogP contribution in [0, 0.1) is 0 Å². The lowest BCUT2D eigenvalue weighted by Crippen LogP contribution is -2.32. The molecule has 2 aromatic rings. The predicted molar refractivity (Wildman–Crippen MR) is 101 cm³/mol. The molecule has 0 fully saturated rings. The van der Waals surface area contributed by atoms with Crippen LogP contribution in [0.25, 0.3) is 0 Å². The molecule has 140 valence electrons. The quantitative estimate of drug-likeness (QED) is 0.361. The summed E-state index contributed by atoms with van der Waals surface area (Å²) in [6.07, 6.45) is 8.17. The lowest BCUT2D eigenvalue weighted by molar-refractivity contribution is -0.136. The van der Waals surface area contributed by atoms with Crippen LogP contribution in [0.1, 0.15) is 39.2 Å². The number of hydrogen-bond acceptors (Lipinski definition) is 7. The molecule has 1 aliphatic carbocycles. The zero-order valence-electron chi connectivity index (χ0n) is 14.7. The molecule has 0 bridgehead atoms. The number of nitrogens with zero attached hydrogens (tertiary/aromatic N) is 2. The third-order valence-electron chi connectivity index (χ3n) is 4.06. The van der Waals surface area contributed by atoms with Gasteiger partial charge in [-0.1, -0.05) is 6.07 Å². The lowest BCUT2D eigenvalue weighted by atomic mass is 9.95. The number of hydrazone groups is 1. The highest BCUT2D eigenvalue weighted by Crippen LogP contribution is 2.38. The zero-order valence-corrected chi connectivity index (χ0v) is 15.5. The van der Waals surface area contributed by atoms with Crippen molar-refractivity contribution < 1.29 is 19.1 Å². The number of fused-ring (bicyclic) bond motifs is 1.